The molecule has 0 saturated carbocycles. The van der Waals surface area contributed by atoms with Crippen LogP contribution in [0.5, 0.6) is 5.75 Å². The minimum atomic E-state index is -0.199. The molecule has 1 aliphatic rings. The number of allylic oxidation sites excluding steroid dienone is 6. The number of phenols is 1. The third-order valence-electron chi connectivity index (χ3n) is 4.28. The maximum absolute atomic E-state index is 12.9. The average molecular weight is 324 g/mol. The Morgan fingerprint density at radius 1 is 0.917 bits per heavy atom. The van der Waals surface area contributed by atoms with E-state index in [9.17, 15) is 9.90 Å². The standard InChI is InChI=1S/C22H28O2/c1-21(2,3)17-13-15(14-18(20(17)24)22(4,5)6)11-12-16-9-7-8-10-19(16)23/h7-11,13-14,23H,12H2,1-6H3. The molecule has 0 saturated heterocycles. The molecule has 1 aliphatic carbocycles. The molecule has 0 radical (unpaired) electrons. The Morgan fingerprint density at radius 2 is 1.42 bits per heavy atom. The zero-order valence-electron chi connectivity index (χ0n) is 15.6. The van der Waals surface area contributed by atoms with Crippen molar-refractivity contribution in [3.05, 3.63) is 64.8 Å². The minimum Gasteiger partial charge on any atom is -0.508 e. The number of para-hydroxylation sites is 1. The van der Waals surface area contributed by atoms with Crippen LogP contribution in [0.15, 0.2) is 59.2 Å². The molecule has 1 N–H and O–H groups in total. The topological polar surface area (TPSA) is 37.3 Å². The monoisotopic (exact) mass is 324 g/mol. The van der Waals surface area contributed by atoms with Gasteiger partial charge < -0.3 is 5.11 Å². The van der Waals surface area contributed by atoms with E-state index in [1.165, 1.54) is 0 Å². The van der Waals surface area contributed by atoms with Gasteiger partial charge in [0.05, 0.1) is 0 Å². The van der Waals surface area contributed by atoms with Gasteiger partial charge in [-0.2, -0.15) is 0 Å². The van der Waals surface area contributed by atoms with Crippen molar-refractivity contribution in [3.63, 3.8) is 0 Å². The smallest absolute Gasteiger partial charge is 0.186 e. The molecular weight excluding hydrogens is 296 g/mol. The first-order valence-corrected chi connectivity index (χ1v) is 8.46. The molecule has 2 heteroatoms. The van der Waals surface area contributed by atoms with Crippen molar-refractivity contribution in [1.29, 1.82) is 0 Å². The minimum absolute atomic E-state index is 0.148. The summed E-state index contributed by atoms with van der Waals surface area (Å²) < 4.78 is 0. The van der Waals surface area contributed by atoms with E-state index in [1.807, 2.05) is 30.4 Å². The predicted molar refractivity (Wildman–Crippen MR) is 100.0 cm³/mol. The van der Waals surface area contributed by atoms with E-state index in [1.54, 1.807) is 6.07 Å². The molecule has 0 atom stereocenters. The summed E-state index contributed by atoms with van der Waals surface area (Å²) in [6.45, 7) is 12.4. The van der Waals surface area contributed by atoms with Gasteiger partial charge in [0.2, 0.25) is 0 Å². The lowest BCUT2D eigenvalue weighted by atomic mass is 9.72. The molecule has 1 aromatic carbocycles. The van der Waals surface area contributed by atoms with Gasteiger partial charge in [-0.15, -0.1) is 0 Å². The second-order valence-corrected chi connectivity index (χ2v) is 8.48. The number of carbonyl (C=O) groups excluding carboxylic acids is 1. The number of phenolic OH excluding ortho intramolecular Hbond substituents is 1. The first-order valence-electron chi connectivity index (χ1n) is 8.46. The molecule has 0 heterocycles. The number of aromatic hydroxyl groups is 1. The summed E-state index contributed by atoms with van der Waals surface area (Å²) in [6.07, 6.45) is 6.71. The maximum atomic E-state index is 12.9. The summed E-state index contributed by atoms with van der Waals surface area (Å²) in [5, 5.41) is 9.93. The zero-order chi connectivity index (χ0) is 18.1. The van der Waals surface area contributed by atoms with Gasteiger partial charge in [0, 0.05) is 11.1 Å². The molecule has 1 aromatic rings. The summed E-state index contributed by atoms with van der Waals surface area (Å²) >= 11 is 0. The normalized spacial score (nSPS) is 15.9. The predicted octanol–water partition coefficient (Wildman–Crippen LogP) is 5.39. The summed E-state index contributed by atoms with van der Waals surface area (Å²) in [4.78, 5) is 12.9. The first-order chi connectivity index (χ1) is 11.0. The fraction of sp³-hybridized carbons (Fsp3) is 0.409. The Labute approximate surface area is 145 Å². The van der Waals surface area contributed by atoms with E-state index < -0.39 is 0 Å². The van der Waals surface area contributed by atoms with E-state index in [-0.39, 0.29) is 16.6 Å². The van der Waals surface area contributed by atoms with Crippen molar-refractivity contribution in [2.24, 2.45) is 10.8 Å². The highest BCUT2D eigenvalue weighted by atomic mass is 16.3. The van der Waals surface area contributed by atoms with Crippen molar-refractivity contribution >= 4 is 5.78 Å². The fourth-order valence-electron chi connectivity index (χ4n) is 2.79. The van der Waals surface area contributed by atoms with Crippen LogP contribution < -0.4 is 0 Å². The number of benzene rings is 1. The molecule has 0 spiro atoms. The van der Waals surface area contributed by atoms with Crippen LogP contribution in [-0.4, -0.2) is 10.9 Å². The molecule has 0 unspecified atom stereocenters. The van der Waals surface area contributed by atoms with E-state index >= 15 is 0 Å². The van der Waals surface area contributed by atoms with E-state index in [4.69, 9.17) is 0 Å². The largest absolute Gasteiger partial charge is 0.508 e. The molecule has 0 aromatic heterocycles. The molecule has 2 rings (SSSR count). The number of rotatable bonds is 2. The van der Waals surface area contributed by atoms with E-state index in [2.05, 4.69) is 47.6 Å². The van der Waals surface area contributed by atoms with Crippen LogP contribution in [-0.2, 0) is 11.2 Å². The summed E-state index contributed by atoms with van der Waals surface area (Å²) in [7, 11) is 0. The quantitative estimate of drug-likeness (QED) is 0.792. The van der Waals surface area contributed by atoms with Gasteiger partial charge >= 0.3 is 0 Å². The SMILES string of the molecule is CC(C)(C)C1=CC(=CCc2ccccc2O)C=C(C(C)(C)C)C1=O. The van der Waals surface area contributed by atoms with Crippen molar-refractivity contribution in [1.82, 2.24) is 0 Å². The van der Waals surface area contributed by atoms with Gasteiger partial charge in [0.15, 0.2) is 5.78 Å². The third-order valence-corrected chi connectivity index (χ3v) is 4.28. The maximum Gasteiger partial charge on any atom is 0.186 e. The van der Waals surface area contributed by atoms with Crippen LogP contribution in [0, 0.1) is 10.8 Å². The van der Waals surface area contributed by atoms with Gasteiger partial charge in [-0.1, -0.05) is 65.8 Å². The molecule has 0 aliphatic heterocycles. The highest BCUT2D eigenvalue weighted by Gasteiger charge is 2.33. The highest BCUT2D eigenvalue weighted by molar-refractivity contribution is 6.11. The van der Waals surface area contributed by atoms with Crippen molar-refractivity contribution in [2.75, 3.05) is 0 Å². The Bertz CT molecular complexity index is 696. The Morgan fingerprint density at radius 3 is 1.88 bits per heavy atom. The summed E-state index contributed by atoms with van der Waals surface area (Å²) in [5.74, 6) is 0.455. The molecule has 128 valence electrons. The Hall–Kier alpha value is -2.09. The van der Waals surface area contributed by atoms with Gasteiger partial charge in [0.1, 0.15) is 5.75 Å². The average Bonchev–Trinajstić information content (AvgIpc) is 2.45. The van der Waals surface area contributed by atoms with Crippen LogP contribution in [0.25, 0.3) is 0 Å². The van der Waals surface area contributed by atoms with Crippen LogP contribution in [0.2, 0.25) is 0 Å². The molecule has 0 amide bonds. The summed E-state index contributed by atoms with van der Waals surface area (Å²) in [5.41, 5.74) is 3.22. The number of hydrogen-bond donors (Lipinski definition) is 1. The van der Waals surface area contributed by atoms with Gasteiger partial charge in [0.25, 0.3) is 0 Å². The molecule has 0 bridgehead atoms. The van der Waals surface area contributed by atoms with Crippen molar-refractivity contribution in [2.45, 2.75) is 48.0 Å². The van der Waals surface area contributed by atoms with Crippen LogP contribution in [0.4, 0.5) is 0 Å². The van der Waals surface area contributed by atoms with E-state index in [0.717, 1.165) is 22.3 Å². The number of ketones is 1. The lowest BCUT2D eigenvalue weighted by molar-refractivity contribution is -0.114. The first kappa shape index (κ1) is 18.3. The number of carbonyl (C=O) groups is 1. The molecule has 0 fully saturated rings. The van der Waals surface area contributed by atoms with Crippen LogP contribution in [0.1, 0.15) is 47.1 Å². The molecular formula is C22H28O2. The number of hydrogen-bond acceptors (Lipinski definition) is 2. The highest BCUT2D eigenvalue weighted by Crippen LogP contribution is 2.39. The lowest BCUT2D eigenvalue weighted by Crippen LogP contribution is -2.27. The zero-order valence-corrected chi connectivity index (χ0v) is 15.6. The van der Waals surface area contributed by atoms with Gasteiger partial charge in [-0.3, -0.25) is 4.79 Å². The van der Waals surface area contributed by atoms with Crippen LogP contribution in [0.3, 0.4) is 0 Å². The fourth-order valence-corrected chi connectivity index (χ4v) is 2.79. The van der Waals surface area contributed by atoms with Gasteiger partial charge in [-0.05, 0) is 46.6 Å². The second kappa shape index (κ2) is 6.43. The van der Waals surface area contributed by atoms with Crippen molar-refractivity contribution < 1.29 is 9.90 Å². The van der Waals surface area contributed by atoms with Crippen LogP contribution >= 0.6 is 0 Å². The third kappa shape index (κ3) is 4.05. The van der Waals surface area contributed by atoms with Crippen molar-refractivity contribution in [3.8, 4) is 5.75 Å². The second-order valence-electron chi connectivity index (χ2n) is 8.48. The lowest BCUT2D eigenvalue weighted by Gasteiger charge is -2.31. The molecule has 24 heavy (non-hydrogen) atoms. The number of Topliss-reactive ketones (excluding diaryl/α,β-unsaturated/α-hetero) is 1. The Kier molecular flexibility index (Phi) is 4.89. The molecule has 2 nitrogen and oxygen atoms in total. The van der Waals surface area contributed by atoms with E-state index in [0.29, 0.717) is 12.2 Å². The van der Waals surface area contributed by atoms with Gasteiger partial charge in [-0.25, -0.2) is 0 Å². The summed E-state index contributed by atoms with van der Waals surface area (Å²) in [6, 6.07) is 7.36. The Balaban J connectivity index is 2.44.